The maximum atomic E-state index is 5.96. The zero-order valence-corrected chi connectivity index (χ0v) is 10.1. The third-order valence-corrected chi connectivity index (χ3v) is 2.31. The van der Waals surface area contributed by atoms with Crippen LogP contribution in [0.4, 0.5) is 0 Å². The molecule has 1 unspecified atom stereocenters. The number of hydrogen-bond donors (Lipinski definition) is 0. The van der Waals surface area contributed by atoms with Crippen molar-refractivity contribution in [1.29, 1.82) is 0 Å². The standard InChI is InChI=1S/C13H21O/c1-12(2,3)10-8-7-9-11(14-10)13(4,5)6/h8-10H,1-6H3. The van der Waals surface area contributed by atoms with Crippen LogP contribution in [0.2, 0.25) is 0 Å². The Morgan fingerprint density at radius 1 is 1.14 bits per heavy atom. The maximum absolute atomic E-state index is 5.96. The van der Waals surface area contributed by atoms with E-state index < -0.39 is 0 Å². The lowest BCUT2D eigenvalue weighted by molar-refractivity contribution is 0.0324. The number of ether oxygens (including phenoxy) is 1. The van der Waals surface area contributed by atoms with E-state index in [1.54, 1.807) is 0 Å². The highest BCUT2D eigenvalue weighted by Gasteiger charge is 2.30. The first kappa shape index (κ1) is 11.4. The normalized spacial score (nSPS) is 23.0. The van der Waals surface area contributed by atoms with Crippen LogP contribution >= 0.6 is 0 Å². The molecule has 1 atom stereocenters. The predicted molar refractivity (Wildman–Crippen MR) is 59.7 cm³/mol. The molecule has 0 aliphatic carbocycles. The van der Waals surface area contributed by atoms with E-state index in [1.165, 1.54) is 0 Å². The highest BCUT2D eigenvalue weighted by atomic mass is 16.5. The maximum Gasteiger partial charge on any atom is 0.122 e. The van der Waals surface area contributed by atoms with Crippen LogP contribution in [0.1, 0.15) is 41.5 Å². The van der Waals surface area contributed by atoms with Gasteiger partial charge >= 0.3 is 0 Å². The molecule has 0 amide bonds. The van der Waals surface area contributed by atoms with Gasteiger partial charge in [-0.25, -0.2) is 0 Å². The van der Waals surface area contributed by atoms with Crippen molar-refractivity contribution in [2.45, 2.75) is 47.6 Å². The minimum atomic E-state index is 0.0742. The van der Waals surface area contributed by atoms with Crippen LogP contribution in [0.3, 0.4) is 0 Å². The molecule has 1 heteroatoms. The SMILES string of the molecule is CC(C)(C)C1=C[C]=CC(C(C)(C)C)O1. The Balaban J connectivity index is 2.80. The number of hydrogen-bond acceptors (Lipinski definition) is 1. The highest BCUT2D eigenvalue weighted by molar-refractivity contribution is 5.15. The first-order valence-electron chi connectivity index (χ1n) is 5.18. The van der Waals surface area contributed by atoms with E-state index >= 15 is 0 Å². The zero-order chi connectivity index (χ0) is 11.0. The van der Waals surface area contributed by atoms with Crippen LogP contribution in [0.15, 0.2) is 17.9 Å². The second-order valence-corrected chi connectivity index (χ2v) is 6.00. The van der Waals surface area contributed by atoms with Crippen molar-refractivity contribution in [3.63, 3.8) is 0 Å². The lowest BCUT2D eigenvalue weighted by Crippen LogP contribution is -2.31. The molecular formula is C13H21O. The van der Waals surface area contributed by atoms with Crippen molar-refractivity contribution in [3.05, 3.63) is 24.0 Å². The molecule has 0 fully saturated rings. The molecule has 1 radical (unpaired) electrons. The Morgan fingerprint density at radius 2 is 1.71 bits per heavy atom. The van der Waals surface area contributed by atoms with Crippen molar-refractivity contribution in [2.75, 3.05) is 0 Å². The third-order valence-electron chi connectivity index (χ3n) is 2.31. The van der Waals surface area contributed by atoms with Gasteiger partial charge < -0.3 is 4.74 Å². The number of allylic oxidation sites excluding steroid dienone is 3. The largest absolute Gasteiger partial charge is 0.490 e. The van der Waals surface area contributed by atoms with Crippen molar-refractivity contribution in [2.24, 2.45) is 10.8 Å². The number of rotatable bonds is 0. The summed E-state index contributed by atoms with van der Waals surface area (Å²) in [4.78, 5) is 0. The van der Waals surface area contributed by atoms with Crippen molar-refractivity contribution < 1.29 is 4.74 Å². The average Bonchev–Trinajstić information content (AvgIpc) is 2.01. The van der Waals surface area contributed by atoms with Crippen LogP contribution in [-0.2, 0) is 4.74 Å². The molecular weight excluding hydrogens is 172 g/mol. The van der Waals surface area contributed by atoms with Crippen LogP contribution < -0.4 is 0 Å². The van der Waals surface area contributed by atoms with E-state index in [9.17, 15) is 0 Å². The Morgan fingerprint density at radius 3 is 2.14 bits per heavy atom. The van der Waals surface area contributed by atoms with Crippen LogP contribution in [0, 0.1) is 16.9 Å². The van der Waals surface area contributed by atoms with Crippen molar-refractivity contribution in [3.8, 4) is 0 Å². The van der Waals surface area contributed by atoms with Gasteiger partial charge in [0, 0.05) is 10.8 Å². The van der Waals surface area contributed by atoms with Crippen molar-refractivity contribution in [1.82, 2.24) is 0 Å². The van der Waals surface area contributed by atoms with Gasteiger partial charge in [0.15, 0.2) is 0 Å². The average molecular weight is 193 g/mol. The van der Waals surface area contributed by atoms with Gasteiger partial charge in [0.1, 0.15) is 11.9 Å². The Bertz CT molecular complexity index is 258. The first-order chi connectivity index (χ1) is 6.21. The van der Waals surface area contributed by atoms with E-state index in [0.29, 0.717) is 0 Å². The smallest absolute Gasteiger partial charge is 0.122 e. The van der Waals surface area contributed by atoms with Crippen molar-refractivity contribution >= 4 is 0 Å². The summed E-state index contributed by atoms with van der Waals surface area (Å²) in [7, 11) is 0. The fourth-order valence-corrected chi connectivity index (χ4v) is 1.24. The highest BCUT2D eigenvalue weighted by Crippen LogP contribution is 2.34. The van der Waals surface area contributed by atoms with Gasteiger partial charge in [-0.2, -0.15) is 0 Å². The van der Waals surface area contributed by atoms with Gasteiger partial charge in [-0.05, 0) is 18.2 Å². The molecule has 0 spiro atoms. The minimum absolute atomic E-state index is 0.0742. The van der Waals surface area contributed by atoms with E-state index in [1.807, 2.05) is 12.2 Å². The van der Waals surface area contributed by atoms with Gasteiger partial charge in [0.2, 0.25) is 0 Å². The lowest BCUT2D eigenvalue weighted by Gasteiger charge is -2.35. The molecule has 0 aromatic rings. The summed E-state index contributed by atoms with van der Waals surface area (Å²) in [5.74, 6) is 1.03. The molecule has 0 saturated heterocycles. The lowest BCUT2D eigenvalue weighted by atomic mass is 9.86. The van der Waals surface area contributed by atoms with Crippen LogP contribution in [0.25, 0.3) is 0 Å². The third kappa shape index (κ3) is 2.63. The van der Waals surface area contributed by atoms with Crippen LogP contribution in [0.5, 0.6) is 0 Å². The molecule has 1 aliphatic heterocycles. The summed E-state index contributed by atoms with van der Waals surface area (Å²) in [6.07, 6.45) is 7.28. The molecule has 0 aromatic carbocycles. The monoisotopic (exact) mass is 193 g/mol. The van der Waals surface area contributed by atoms with Gasteiger partial charge in [-0.3, -0.25) is 0 Å². The summed E-state index contributed by atoms with van der Waals surface area (Å²) >= 11 is 0. The molecule has 0 saturated carbocycles. The molecule has 1 nitrogen and oxygen atoms in total. The summed E-state index contributed by atoms with van der Waals surface area (Å²) in [6, 6.07) is 0. The molecule has 0 N–H and O–H groups in total. The minimum Gasteiger partial charge on any atom is -0.490 e. The summed E-state index contributed by atoms with van der Waals surface area (Å²) in [5, 5.41) is 0. The Hall–Kier alpha value is -0.720. The second-order valence-electron chi connectivity index (χ2n) is 6.00. The summed E-state index contributed by atoms with van der Waals surface area (Å²) in [6.45, 7) is 13.0. The zero-order valence-electron chi connectivity index (χ0n) is 10.1. The van der Waals surface area contributed by atoms with E-state index in [2.05, 4.69) is 47.6 Å². The van der Waals surface area contributed by atoms with Gasteiger partial charge in [-0.1, -0.05) is 41.5 Å². The topological polar surface area (TPSA) is 9.23 Å². The molecule has 14 heavy (non-hydrogen) atoms. The predicted octanol–water partition coefficient (Wildman–Crippen LogP) is 3.72. The molecule has 0 aromatic heterocycles. The summed E-state index contributed by atoms with van der Waals surface area (Å²) in [5.41, 5.74) is 0.211. The fourth-order valence-electron chi connectivity index (χ4n) is 1.24. The Kier molecular flexibility index (Phi) is 2.80. The molecule has 79 valence electrons. The van der Waals surface area contributed by atoms with Gasteiger partial charge in [-0.15, -0.1) is 0 Å². The fraction of sp³-hybridized carbons (Fsp3) is 0.692. The van der Waals surface area contributed by atoms with E-state index in [-0.39, 0.29) is 16.9 Å². The Labute approximate surface area is 87.8 Å². The molecule has 0 bridgehead atoms. The first-order valence-corrected chi connectivity index (χ1v) is 5.18. The summed E-state index contributed by atoms with van der Waals surface area (Å²) < 4.78 is 5.96. The molecule has 1 rings (SSSR count). The van der Waals surface area contributed by atoms with Crippen LogP contribution in [-0.4, -0.2) is 6.10 Å². The van der Waals surface area contributed by atoms with E-state index in [4.69, 9.17) is 4.74 Å². The quantitative estimate of drug-likeness (QED) is 0.569. The molecule has 1 aliphatic rings. The van der Waals surface area contributed by atoms with E-state index in [0.717, 1.165) is 5.76 Å². The van der Waals surface area contributed by atoms with Gasteiger partial charge in [0.25, 0.3) is 0 Å². The van der Waals surface area contributed by atoms with Gasteiger partial charge in [0.05, 0.1) is 0 Å². The second kappa shape index (κ2) is 3.45. The molecule has 1 heterocycles.